The van der Waals surface area contributed by atoms with Crippen LogP contribution in [0.3, 0.4) is 0 Å². The summed E-state index contributed by atoms with van der Waals surface area (Å²) in [5.74, 6) is 0. The average molecular weight is 397 g/mol. The number of halogens is 1. The minimum absolute atomic E-state index is 0.399. The minimum atomic E-state index is -2.24. The lowest BCUT2D eigenvalue weighted by molar-refractivity contribution is 0.738. The third-order valence-electron chi connectivity index (χ3n) is 5.87. The van der Waals surface area contributed by atoms with E-state index in [1.165, 1.54) is 22.3 Å². The van der Waals surface area contributed by atoms with Crippen LogP contribution >= 0.6 is 11.1 Å². The van der Waals surface area contributed by atoms with Crippen molar-refractivity contribution >= 4 is 30.6 Å². The average Bonchev–Trinajstić information content (AvgIpc) is 2.69. The first-order chi connectivity index (χ1) is 12.9. The van der Waals surface area contributed by atoms with Crippen molar-refractivity contribution in [1.82, 2.24) is 0 Å². The molecule has 0 aliphatic heterocycles. The molecule has 2 rings (SSSR count). The maximum Gasteiger partial charge on any atom is 0.173 e. The summed E-state index contributed by atoms with van der Waals surface area (Å²) in [4.78, 5) is 0. The SMILES string of the molecule is C=Cc1cccc(C(CC)[Si](Cl)(C(C)C)C(CC)c2cccc(C=C)c2)c1. The summed E-state index contributed by atoms with van der Waals surface area (Å²) in [6, 6.07) is 17.6. The molecule has 0 amide bonds. The van der Waals surface area contributed by atoms with Gasteiger partial charge in [-0.15, -0.1) is 0 Å². The Morgan fingerprint density at radius 3 is 1.56 bits per heavy atom. The van der Waals surface area contributed by atoms with Crippen LogP contribution in [0.25, 0.3) is 12.2 Å². The zero-order chi connectivity index (χ0) is 20.0. The van der Waals surface area contributed by atoms with Crippen LogP contribution in [0.15, 0.2) is 61.7 Å². The second-order valence-electron chi connectivity index (χ2n) is 7.65. The lowest BCUT2D eigenvalue weighted by Crippen LogP contribution is -2.45. The Labute approximate surface area is 171 Å². The molecule has 0 aromatic heterocycles. The number of benzene rings is 2. The number of hydrogen-bond donors (Lipinski definition) is 0. The maximum atomic E-state index is 7.75. The predicted octanol–water partition coefficient (Wildman–Crippen LogP) is 8.33. The van der Waals surface area contributed by atoms with Crippen LogP contribution in [0, 0.1) is 0 Å². The van der Waals surface area contributed by atoms with Crippen molar-refractivity contribution in [2.24, 2.45) is 0 Å². The molecular formula is C25H33ClSi. The van der Waals surface area contributed by atoms with E-state index in [0.29, 0.717) is 16.6 Å². The van der Waals surface area contributed by atoms with Gasteiger partial charge in [0, 0.05) is 0 Å². The molecule has 0 fully saturated rings. The molecule has 2 heteroatoms. The molecule has 0 spiro atoms. The molecule has 0 radical (unpaired) electrons. The summed E-state index contributed by atoms with van der Waals surface area (Å²) < 4.78 is 0. The molecule has 2 unspecified atom stereocenters. The Morgan fingerprint density at radius 1 is 0.852 bits per heavy atom. The summed E-state index contributed by atoms with van der Waals surface area (Å²) in [5.41, 5.74) is 6.34. The molecule has 2 atom stereocenters. The van der Waals surface area contributed by atoms with E-state index >= 15 is 0 Å². The van der Waals surface area contributed by atoms with E-state index in [0.717, 1.165) is 12.8 Å². The largest absolute Gasteiger partial charge is 0.173 e. The topological polar surface area (TPSA) is 0 Å². The fourth-order valence-corrected chi connectivity index (χ4v) is 10.9. The van der Waals surface area contributed by atoms with Gasteiger partial charge in [0.05, 0.1) is 0 Å². The predicted molar refractivity (Wildman–Crippen MR) is 126 cm³/mol. The van der Waals surface area contributed by atoms with Gasteiger partial charge in [0.25, 0.3) is 0 Å². The lowest BCUT2D eigenvalue weighted by atomic mass is 10.1. The van der Waals surface area contributed by atoms with E-state index in [9.17, 15) is 0 Å². The second-order valence-corrected chi connectivity index (χ2v) is 13.8. The Morgan fingerprint density at radius 2 is 1.26 bits per heavy atom. The van der Waals surface area contributed by atoms with Gasteiger partial charge in [0.1, 0.15) is 0 Å². The third kappa shape index (κ3) is 4.47. The van der Waals surface area contributed by atoms with Crippen molar-refractivity contribution < 1.29 is 0 Å². The summed E-state index contributed by atoms with van der Waals surface area (Å²) in [5, 5.41) is 0. The van der Waals surface area contributed by atoms with Gasteiger partial charge >= 0.3 is 0 Å². The first kappa shape index (κ1) is 21.7. The van der Waals surface area contributed by atoms with Crippen molar-refractivity contribution in [1.29, 1.82) is 0 Å². The van der Waals surface area contributed by atoms with Crippen LogP contribution in [0.4, 0.5) is 0 Å². The van der Waals surface area contributed by atoms with Gasteiger partial charge in [-0.1, -0.05) is 114 Å². The highest BCUT2D eigenvalue weighted by Gasteiger charge is 2.49. The molecule has 2 aromatic carbocycles. The summed E-state index contributed by atoms with van der Waals surface area (Å²) >= 11 is 7.75. The van der Waals surface area contributed by atoms with Gasteiger partial charge in [-0.25, -0.2) is 0 Å². The zero-order valence-corrected chi connectivity index (χ0v) is 19.0. The number of hydrogen-bond acceptors (Lipinski definition) is 0. The molecule has 0 aliphatic rings. The molecule has 0 saturated heterocycles. The molecule has 0 nitrogen and oxygen atoms in total. The van der Waals surface area contributed by atoms with Gasteiger partial charge in [0.15, 0.2) is 7.38 Å². The van der Waals surface area contributed by atoms with E-state index in [-0.39, 0.29) is 0 Å². The van der Waals surface area contributed by atoms with Gasteiger partial charge < -0.3 is 0 Å². The smallest absolute Gasteiger partial charge is 0.165 e. The molecule has 0 heterocycles. The third-order valence-corrected chi connectivity index (χ3v) is 14.1. The van der Waals surface area contributed by atoms with Crippen molar-refractivity contribution in [2.75, 3.05) is 0 Å². The van der Waals surface area contributed by atoms with Crippen LogP contribution in [-0.2, 0) is 0 Å². The molecule has 0 N–H and O–H groups in total. The highest BCUT2D eigenvalue weighted by Crippen LogP contribution is 2.50. The zero-order valence-electron chi connectivity index (χ0n) is 17.2. The molecule has 144 valence electrons. The Kier molecular flexibility index (Phi) is 7.70. The van der Waals surface area contributed by atoms with Crippen LogP contribution in [0.5, 0.6) is 0 Å². The van der Waals surface area contributed by atoms with Crippen molar-refractivity contribution in [3.63, 3.8) is 0 Å². The Hall–Kier alpha value is -1.57. The molecular weight excluding hydrogens is 364 g/mol. The summed E-state index contributed by atoms with van der Waals surface area (Å²) in [7, 11) is -2.24. The van der Waals surface area contributed by atoms with Gasteiger partial charge in [-0.2, -0.15) is 11.1 Å². The Balaban J connectivity index is 2.60. The van der Waals surface area contributed by atoms with Crippen LogP contribution in [-0.4, -0.2) is 7.38 Å². The Bertz CT molecular complexity index is 718. The van der Waals surface area contributed by atoms with E-state index in [1.54, 1.807) is 0 Å². The van der Waals surface area contributed by atoms with Gasteiger partial charge in [0.2, 0.25) is 0 Å². The van der Waals surface area contributed by atoms with Crippen LogP contribution < -0.4 is 0 Å². The van der Waals surface area contributed by atoms with Crippen molar-refractivity contribution in [3.8, 4) is 0 Å². The fraction of sp³-hybridized carbons (Fsp3) is 0.360. The second kappa shape index (κ2) is 9.57. The summed E-state index contributed by atoms with van der Waals surface area (Å²) in [6.45, 7) is 17.1. The van der Waals surface area contributed by atoms with Crippen molar-refractivity contribution in [2.45, 2.75) is 57.2 Å². The quantitative estimate of drug-likeness (QED) is 0.295. The lowest BCUT2D eigenvalue weighted by Gasteiger charge is -2.43. The minimum Gasteiger partial charge on any atom is -0.165 e. The van der Waals surface area contributed by atoms with E-state index in [2.05, 4.69) is 89.4 Å². The standard InChI is InChI=1S/C25H33ClSi/c1-7-20-13-11-15-22(17-20)24(9-3)27(26,19(5)6)25(10-4)23-16-12-14-21(8-2)18-23/h7-8,11-19,24-25H,1-2,9-10H2,3-6H3. The van der Waals surface area contributed by atoms with Gasteiger partial charge in [-0.3, -0.25) is 0 Å². The molecule has 2 aromatic rings. The maximum absolute atomic E-state index is 7.75. The van der Waals surface area contributed by atoms with E-state index in [1.807, 2.05) is 12.2 Å². The van der Waals surface area contributed by atoms with E-state index in [4.69, 9.17) is 11.1 Å². The molecule has 0 saturated carbocycles. The van der Waals surface area contributed by atoms with Gasteiger partial charge in [-0.05, 0) is 38.9 Å². The van der Waals surface area contributed by atoms with Crippen LogP contribution in [0.2, 0.25) is 5.54 Å². The summed E-state index contributed by atoms with van der Waals surface area (Å²) in [6.07, 6.45) is 5.97. The normalized spacial score (nSPS) is 15.8. The van der Waals surface area contributed by atoms with E-state index < -0.39 is 7.38 Å². The highest BCUT2D eigenvalue weighted by atomic mass is 35.6. The fourth-order valence-electron chi connectivity index (χ4n) is 4.46. The highest BCUT2D eigenvalue weighted by molar-refractivity contribution is 7.22. The molecule has 0 bridgehead atoms. The number of rotatable bonds is 9. The monoisotopic (exact) mass is 396 g/mol. The van der Waals surface area contributed by atoms with Crippen molar-refractivity contribution in [3.05, 3.63) is 83.9 Å². The molecule has 27 heavy (non-hydrogen) atoms. The molecule has 0 aliphatic carbocycles. The first-order valence-electron chi connectivity index (χ1n) is 10.1. The van der Waals surface area contributed by atoms with Crippen LogP contribution in [0.1, 0.15) is 73.9 Å². The first-order valence-corrected chi connectivity index (χ1v) is 13.3.